The van der Waals surface area contributed by atoms with Crippen molar-refractivity contribution in [3.63, 3.8) is 0 Å². The number of benzene rings is 2. The second-order valence-corrected chi connectivity index (χ2v) is 6.73. The molecule has 0 atom stereocenters. The molecule has 1 N–H and O–H groups in total. The standard InChI is InChI=1S/C22H26N2O3/c1-2-16-27-18-12-10-17(11-13-18)21(25)23-20-9-5-4-8-19(20)22(26)24-14-6-3-7-15-24/h4-5,8-13H,2-3,6-7,14-16H2,1H3,(H,23,25). The first-order valence-electron chi connectivity index (χ1n) is 9.61. The van der Waals surface area contributed by atoms with Crippen molar-refractivity contribution in [2.75, 3.05) is 25.0 Å². The molecule has 0 unspecified atom stereocenters. The van der Waals surface area contributed by atoms with Crippen LogP contribution in [0.15, 0.2) is 48.5 Å². The lowest BCUT2D eigenvalue weighted by Crippen LogP contribution is -2.36. The molecule has 27 heavy (non-hydrogen) atoms. The molecule has 1 saturated heterocycles. The van der Waals surface area contributed by atoms with Gasteiger partial charge in [-0.15, -0.1) is 0 Å². The Hall–Kier alpha value is -2.82. The molecule has 2 amide bonds. The first-order valence-corrected chi connectivity index (χ1v) is 9.61. The van der Waals surface area contributed by atoms with Gasteiger partial charge in [0.1, 0.15) is 5.75 Å². The molecule has 5 nitrogen and oxygen atoms in total. The third-order valence-electron chi connectivity index (χ3n) is 4.64. The van der Waals surface area contributed by atoms with E-state index in [2.05, 4.69) is 5.32 Å². The molecule has 1 heterocycles. The highest BCUT2D eigenvalue weighted by Gasteiger charge is 2.21. The number of ether oxygens (including phenoxy) is 1. The minimum atomic E-state index is -0.240. The highest BCUT2D eigenvalue weighted by atomic mass is 16.5. The van der Waals surface area contributed by atoms with Crippen molar-refractivity contribution in [2.24, 2.45) is 0 Å². The number of para-hydroxylation sites is 1. The predicted molar refractivity (Wildman–Crippen MR) is 106 cm³/mol. The summed E-state index contributed by atoms with van der Waals surface area (Å²) in [5, 5.41) is 2.88. The van der Waals surface area contributed by atoms with Crippen LogP contribution in [0.3, 0.4) is 0 Å². The summed E-state index contributed by atoms with van der Waals surface area (Å²) >= 11 is 0. The number of likely N-dealkylation sites (tertiary alicyclic amines) is 1. The predicted octanol–water partition coefficient (Wildman–Crippen LogP) is 4.35. The highest BCUT2D eigenvalue weighted by Crippen LogP contribution is 2.21. The molecule has 0 aromatic heterocycles. The number of carbonyl (C=O) groups excluding carboxylic acids is 2. The second-order valence-electron chi connectivity index (χ2n) is 6.73. The molecule has 1 aliphatic rings. The molecule has 3 rings (SSSR count). The van der Waals surface area contributed by atoms with Crippen LogP contribution in [-0.4, -0.2) is 36.4 Å². The topological polar surface area (TPSA) is 58.6 Å². The molecular formula is C22H26N2O3. The molecule has 0 spiro atoms. The summed E-state index contributed by atoms with van der Waals surface area (Å²) in [5.74, 6) is 0.485. The molecule has 0 saturated carbocycles. The van der Waals surface area contributed by atoms with Gasteiger partial charge in [-0.25, -0.2) is 0 Å². The van der Waals surface area contributed by atoms with Crippen LogP contribution in [0.5, 0.6) is 5.75 Å². The number of rotatable bonds is 6. The Morgan fingerprint density at radius 3 is 2.41 bits per heavy atom. The lowest BCUT2D eigenvalue weighted by Gasteiger charge is -2.27. The maximum atomic E-state index is 12.8. The quantitative estimate of drug-likeness (QED) is 0.827. The lowest BCUT2D eigenvalue weighted by molar-refractivity contribution is 0.0725. The van der Waals surface area contributed by atoms with Gasteiger partial charge in [0.15, 0.2) is 0 Å². The number of hydrogen-bond acceptors (Lipinski definition) is 3. The van der Waals surface area contributed by atoms with Crippen LogP contribution in [-0.2, 0) is 0 Å². The van der Waals surface area contributed by atoms with E-state index in [1.54, 1.807) is 36.4 Å². The van der Waals surface area contributed by atoms with Crippen LogP contribution >= 0.6 is 0 Å². The zero-order chi connectivity index (χ0) is 19.1. The molecule has 142 valence electrons. The molecule has 1 fully saturated rings. The van der Waals surface area contributed by atoms with Gasteiger partial charge in [0.25, 0.3) is 11.8 Å². The Morgan fingerprint density at radius 2 is 1.70 bits per heavy atom. The van der Waals surface area contributed by atoms with Gasteiger partial charge in [-0.05, 0) is 62.1 Å². The molecule has 2 aromatic rings. The molecule has 2 aromatic carbocycles. The van der Waals surface area contributed by atoms with E-state index in [0.717, 1.165) is 38.1 Å². The Kier molecular flexibility index (Phi) is 6.47. The van der Waals surface area contributed by atoms with Crippen molar-refractivity contribution in [3.05, 3.63) is 59.7 Å². The third-order valence-corrected chi connectivity index (χ3v) is 4.64. The summed E-state index contributed by atoms with van der Waals surface area (Å²) in [6.45, 7) is 4.25. The number of anilines is 1. The van der Waals surface area contributed by atoms with Gasteiger partial charge >= 0.3 is 0 Å². The Bertz CT molecular complexity index is 780. The van der Waals surface area contributed by atoms with Crippen molar-refractivity contribution < 1.29 is 14.3 Å². The van der Waals surface area contributed by atoms with Crippen LogP contribution in [0.2, 0.25) is 0 Å². The van der Waals surface area contributed by atoms with Gasteiger partial charge in [-0.1, -0.05) is 19.1 Å². The first kappa shape index (κ1) is 19.0. The summed E-state index contributed by atoms with van der Waals surface area (Å²) in [4.78, 5) is 27.3. The zero-order valence-corrected chi connectivity index (χ0v) is 15.7. The van der Waals surface area contributed by atoms with Gasteiger partial charge in [-0.2, -0.15) is 0 Å². The van der Waals surface area contributed by atoms with Crippen LogP contribution in [0.1, 0.15) is 53.3 Å². The number of piperidine rings is 1. The molecular weight excluding hydrogens is 340 g/mol. The van der Waals surface area contributed by atoms with E-state index in [4.69, 9.17) is 4.74 Å². The second kappa shape index (κ2) is 9.21. The fraction of sp³-hybridized carbons (Fsp3) is 0.364. The van der Waals surface area contributed by atoms with Crippen LogP contribution < -0.4 is 10.1 Å². The van der Waals surface area contributed by atoms with E-state index in [0.29, 0.717) is 23.4 Å². The molecule has 0 radical (unpaired) electrons. The number of nitrogens with one attached hydrogen (secondary N) is 1. The van der Waals surface area contributed by atoms with Gasteiger partial charge in [0.05, 0.1) is 17.9 Å². The van der Waals surface area contributed by atoms with E-state index in [1.807, 2.05) is 24.0 Å². The van der Waals surface area contributed by atoms with Gasteiger partial charge in [0, 0.05) is 18.7 Å². The van der Waals surface area contributed by atoms with E-state index in [9.17, 15) is 9.59 Å². The Labute approximate surface area is 160 Å². The third kappa shape index (κ3) is 4.88. The minimum Gasteiger partial charge on any atom is -0.494 e. The number of carbonyl (C=O) groups is 2. The maximum Gasteiger partial charge on any atom is 0.255 e. The van der Waals surface area contributed by atoms with Gasteiger partial charge in [0.2, 0.25) is 0 Å². The summed E-state index contributed by atoms with van der Waals surface area (Å²) in [6, 6.07) is 14.2. The minimum absolute atomic E-state index is 0.0195. The van der Waals surface area contributed by atoms with Crippen LogP contribution in [0, 0.1) is 0 Å². The normalized spacial score (nSPS) is 13.9. The number of amides is 2. The van der Waals surface area contributed by atoms with Gasteiger partial charge in [-0.3, -0.25) is 9.59 Å². The monoisotopic (exact) mass is 366 g/mol. The lowest BCUT2D eigenvalue weighted by atomic mass is 10.1. The van der Waals surface area contributed by atoms with E-state index < -0.39 is 0 Å². The number of hydrogen-bond donors (Lipinski definition) is 1. The van der Waals surface area contributed by atoms with Crippen molar-refractivity contribution >= 4 is 17.5 Å². The van der Waals surface area contributed by atoms with Gasteiger partial charge < -0.3 is 15.0 Å². The smallest absolute Gasteiger partial charge is 0.255 e. The fourth-order valence-corrected chi connectivity index (χ4v) is 3.16. The fourth-order valence-electron chi connectivity index (χ4n) is 3.16. The first-order chi connectivity index (χ1) is 13.2. The van der Waals surface area contributed by atoms with Crippen molar-refractivity contribution in [3.8, 4) is 5.75 Å². The SMILES string of the molecule is CCCOc1ccc(C(=O)Nc2ccccc2C(=O)N2CCCCC2)cc1. The van der Waals surface area contributed by atoms with E-state index in [-0.39, 0.29) is 11.8 Å². The van der Waals surface area contributed by atoms with E-state index >= 15 is 0 Å². The molecule has 1 aliphatic heterocycles. The Morgan fingerprint density at radius 1 is 1.00 bits per heavy atom. The zero-order valence-electron chi connectivity index (χ0n) is 15.7. The summed E-state index contributed by atoms with van der Waals surface area (Å²) in [6.07, 6.45) is 4.17. The van der Waals surface area contributed by atoms with Crippen molar-refractivity contribution in [1.29, 1.82) is 0 Å². The van der Waals surface area contributed by atoms with Crippen molar-refractivity contribution in [1.82, 2.24) is 4.90 Å². The Balaban J connectivity index is 1.71. The van der Waals surface area contributed by atoms with Crippen molar-refractivity contribution in [2.45, 2.75) is 32.6 Å². The average molecular weight is 366 g/mol. The molecule has 5 heteroatoms. The summed E-state index contributed by atoms with van der Waals surface area (Å²) in [5.41, 5.74) is 1.61. The largest absolute Gasteiger partial charge is 0.494 e. The van der Waals surface area contributed by atoms with E-state index in [1.165, 1.54) is 6.42 Å². The molecule has 0 aliphatic carbocycles. The summed E-state index contributed by atoms with van der Waals surface area (Å²) < 4.78 is 5.54. The molecule has 0 bridgehead atoms. The van der Waals surface area contributed by atoms with Crippen LogP contribution in [0.25, 0.3) is 0 Å². The number of nitrogens with zero attached hydrogens (tertiary/aromatic N) is 1. The average Bonchev–Trinajstić information content (AvgIpc) is 2.73. The maximum absolute atomic E-state index is 12.8. The summed E-state index contributed by atoms with van der Waals surface area (Å²) in [7, 11) is 0. The van der Waals surface area contributed by atoms with Crippen LogP contribution in [0.4, 0.5) is 5.69 Å². The highest BCUT2D eigenvalue weighted by molar-refractivity contribution is 6.09.